The fourth-order valence-electron chi connectivity index (χ4n) is 3.92. The summed E-state index contributed by atoms with van der Waals surface area (Å²) in [5.41, 5.74) is -0.705. The van der Waals surface area contributed by atoms with Crippen LogP contribution in [-0.4, -0.2) is 62.1 Å². The number of sulfonamides is 1. The van der Waals surface area contributed by atoms with Gasteiger partial charge in [0.25, 0.3) is 0 Å². The number of carbonyl (C=O) groups is 1. The summed E-state index contributed by atoms with van der Waals surface area (Å²) in [4.78, 5) is 14.1. The monoisotopic (exact) mass is 404 g/mol. The number of hydrogen-bond donors (Lipinski definition) is 1. The van der Waals surface area contributed by atoms with Crippen molar-refractivity contribution in [2.45, 2.75) is 89.7 Å². The SMILES string of the molecule is CO[C@@H]1C[C@@H](NS(=O)(=O)C(C)(C)C)C2(CCN(C(=O)OC(C)(C)C)CC2)C1. The molecule has 158 valence electrons. The molecule has 0 aromatic rings. The minimum atomic E-state index is -3.45. The Morgan fingerprint density at radius 1 is 1.11 bits per heavy atom. The van der Waals surface area contributed by atoms with Gasteiger partial charge in [-0.1, -0.05) is 0 Å². The van der Waals surface area contributed by atoms with Crippen LogP contribution in [0.1, 0.15) is 67.2 Å². The van der Waals surface area contributed by atoms with Crippen LogP contribution >= 0.6 is 0 Å². The lowest BCUT2D eigenvalue weighted by Crippen LogP contribution is -2.54. The predicted octanol–water partition coefficient (Wildman–Crippen LogP) is 2.90. The Morgan fingerprint density at radius 3 is 2.11 bits per heavy atom. The average molecular weight is 405 g/mol. The molecule has 0 aromatic carbocycles. The fourth-order valence-corrected chi connectivity index (χ4v) is 5.00. The molecule has 0 radical (unpaired) electrons. The number of nitrogens with one attached hydrogen (secondary N) is 1. The second-order valence-electron chi connectivity index (χ2n) is 9.91. The first-order valence-electron chi connectivity index (χ1n) is 9.72. The van der Waals surface area contributed by atoms with E-state index in [1.54, 1.807) is 32.8 Å². The van der Waals surface area contributed by atoms with Crippen molar-refractivity contribution in [2.75, 3.05) is 20.2 Å². The molecule has 1 spiro atoms. The molecule has 1 aliphatic carbocycles. The zero-order chi connectivity index (χ0) is 20.7. The molecule has 1 N–H and O–H groups in total. The summed E-state index contributed by atoms with van der Waals surface area (Å²) >= 11 is 0. The van der Waals surface area contributed by atoms with Crippen LogP contribution in [0.5, 0.6) is 0 Å². The van der Waals surface area contributed by atoms with Crippen molar-refractivity contribution in [1.29, 1.82) is 0 Å². The maximum atomic E-state index is 12.7. The Balaban J connectivity index is 2.12. The fraction of sp³-hybridized carbons (Fsp3) is 0.947. The number of hydrogen-bond acceptors (Lipinski definition) is 5. The van der Waals surface area contributed by atoms with Crippen LogP contribution in [0.2, 0.25) is 0 Å². The number of carbonyl (C=O) groups excluding carboxylic acids is 1. The normalized spacial score (nSPS) is 26.4. The molecule has 2 fully saturated rings. The minimum absolute atomic E-state index is 0.0331. The van der Waals surface area contributed by atoms with E-state index >= 15 is 0 Å². The lowest BCUT2D eigenvalue weighted by Gasteiger charge is -2.43. The summed E-state index contributed by atoms with van der Waals surface area (Å²) in [6.45, 7) is 11.8. The molecule has 8 heteroatoms. The Bertz CT molecular complexity index is 640. The van der Waals surface area contributed by atoms with E-state index in [0.717, 1.165) is 19.3 Å². The van der Waals surface area contributed by atoms with Gasteiger partial charge in [-0.2, -0.15) is 0 Å². The highest BCUT2D eigenvalue weighted by Gasteiger charge is 2.51. The van der Waals surface area contributed by atoms with Gasteiger partial charge in [0.05, 0.1) is 10.9 Å². The molecule has 2 atom stereocenters. The number of methoxy groups -OCH3 is 1. The molecule has 1 amide bonds. The van der Waals surface area contributed by atoms with Gasteiger partial charge in [0.1, 0.15) is 5.60 Å². The first-order valence-corrected chi connectivity index (χ1v) is 11.2. The lowest BCUT2D eigenvalue weighted by atomic mass is 9.74. The molecule has 0 bridgehead atoms. The van der Waals surface area contributed by atoms with Crippen LogP contribution in [-0.2, 0) is 19.5 Å². The summed E-state index contributed by atoms with van der Waals surface area (Å²) in [5, 5.41) is 0. The van der Waals surface area contributed by atoms with Crippen LogP contribution in [0, 0.1) is 5.41 Å². The zero-order valence-electron chi connectivity index (χ0n) is 17.8. The largest absolute Gasteiger partial charge is 0.444 e. The molecule has 1 saturated heterocycles. The predicted molar refractivity (Wildman–Crippen MR) is 105 cm³/mol. The summed E-state index contributed by atoms with van der Waals surface area (Å²) in [6.07, 6.45) is 2.69. The van der Waals surface area contributed by atoms with Gasteiger partial charge in [0.2, 0.25) is 10.0 Å². The Hall–Kier alpha value is -0.860. The van der Waals surface area contributed by atoms with Crippen LogP contribution < -0.4 is 4.72 Å². The minimum Gasteiger partial charge on any atom is -0.444 e. The van der Waals surface area contributed by atoms with Crippen molar-refractivity contribution in [3.63, 3.8) is 0 Å². The number of ether oxygens (including phenoxy) is 2. The third kappa shape index (κ3) is 5.15. The van der Waals surface area contributed by atoms with E-state index in [2.05, 4.69) is 4.72 Å². The van der Waals surface area contributed by atoms with Crippen molar-refractivity contribution < 1.29 is 22.7 Å². The van der Waals surface area contributed by atoms with Gasteiger partial charge in [-0.15, -0.1) is 0 Å². The van der Waals surface area contributed by atoms with Crippen LogP contribution in [0.3, 0.4) is 0 Å². The van der Waals surface area contributed by atoms with E-state index in [4.69, 9.17) is 9.47 Å². The van der Waals surface area contributed by atoms with Crippen molar-refractivity contribution in [1.82, 2.24) is 9.62 Å². The quantitative estimate of drug-likeness (QED) is 0.782. The molecular formula is C19H36N2O5S. The zero-order valence-corrected chi connectivity index (χ0v) is 18.6. The summed E-state index contributed by atoms with van der Waals surface area (Å²) in [6, 6.07) is -0.174. The third-order valence-corrected chi connectivity index (χ3v) is 7.93. The van der Waals surface area contributed by atoms with Crippen molar-refractivity contribution in [3.05, 3.63) is 0 Å². The Morgan fingerprint density at radius 2 is 1.67 bits per heavy atom. The molecular weight excluding hydrogens is 368 g/mol. The maximum absolute atomic E-state index is 12.7. The standard InChI is InChI=1S/C19H36N2O5S/c1-17(2,3)26-16(22)21-10-8-19(9-11-21)13-14(25-7)12-15(19)20-27(23,24)18(4,5)6/h14-15,20H,8-13H2,1-7H3/t14-,15-/m1/s1. The van der Waals surface area contributed by atoms with Gasteiger partial charge in [-0.25, -0.2) is 17.9 Å². The van der Waals surface area contributed by atoms with E-state index in [1.807, 2.05) is 20.8 Å². The summed E-state index contributed by atoms with van der Waals surface area (Å²) < 4.78 is 38.6. The van der Waals surface area contributed by atoms with Crippen LogP contribution in [0.15, 0.2) is 0 Å². The second kappa shape index (κ2) is 7.52. The molecule has 2 aliphatic rings. The topological polar surface area (TPSA) is 84.9 Å². The first kappa shape index (κ1) is 22.4. The van der Waals surface area contributed by atoms with Crippen LogP contribution in [0.25, 0.3) is 0 Å². The molecule has 27 heavy (non-hydrogen) atoms. The maximum Gasteiger partial charge on any atom is 0.410 e. The molecule has 7 nitrogen and oxygen atoms in total. The van der Waals surface area contributed by atoms with E-state index in [1.165, 1.54) is 0 Å². The highest BCUT2D eigenvalue weighted by Crippen LogP contribution is 2.48. The van der Waals surface area contributed by atoms with Gasteiger partial charge in [0, 0.05) is 26.2 Å². The molecule has 1 aliphatic heterocycles. The second-order valence-corrected chi connectivity index (χ2v) is 12.4. The Kier molecular flexibility index (Phi) is 6.25. The molecule has 0 unspecified atom stereocenters. The van der Waals surface area contributed by atoms with E-state index < -0.39 is 20.4 Å². The number of likely N-dealkylation sites (tertiary alicyclic amines) is 1. The molecule has 2 rings (SSSR count). The number of nitrogens with zero attached hydrogens (tertiary/aromatic N) is 1. The van der Waals surface area contributed by atoms with Gasteiger partial charge in [0.15, 0.2) is 0 Å². The molecule has 1 saturated carbocycles. The first-order chi connectivity index (χ1) is 12.2. The van der Waals surface area contributed by atoms with Crippen molar-refractivity contribution in [3.8, 4) is 0 Å². The number of amides is 1. The molecule has 0 aromatic heterocycles. The Labute approximate surface area is 164 Å². The van der Waals surface area contributed by atoms with Crippen LogP contribution in [0.4, 0.5) is 4.79 Å². The van der Waals surface area contributed by atoms with Crippen molar-refractivity contribution in [2.24, 2.45) is 5.41 Å². The summed E-state index contributed by atoms with van der Waals surface area (Å²) in [5.74, 6) is 0. The lowest BCUT2D eigenvalue weighted by molar-refractivity contribution is 0.00582. The smallest absolute Gasteiger partial charge is 0.410 e. The van der Waals surface area contributed by atoms with Gasteiger partial charge in [-0.05, 0) is 72.6 Å². The highest BCUT2D eigenvalue weighted by molar-refractivity contribution is 7.90. The van der Waals surface area contributed by atoms with E-state index in [9.17, 15) is 13.2 Å². The van der Waals surface area contributed by atoms with Gasteiger partial charge < -0.3 is 14.4 Å². The number of piperidine rings is 1. The van der Waals surface area contributed by atoms with E-state index in [-0.39, 0.29) is 23.7 Å². The number of rotatable bonds is 3. The third-order valence-electron chi connectivity index (χ3n) is 5.72. The highest BCUT2D eigenvalue weighted by atomic mass is 32.2. The van der Waals surface area contributed by atoms with E-state index in [0.29, 0.717) is 19.5 Å². The summed E-state index contributed by atoms with van der Waals surface area (Å²) in [7, 11) is -1.78. The van der Waals surface area contributed by atoms with Gasteiger partial charge in [-0.3, -0.25) is 0 Å². The average Bonchev–Trinajstić information content (AvgIpc) is 2.82. The van der Waals surface area contributed by atoms with Gasteiger partial charge >= 0.3 is 6.09 Å². The molecule has 1 heterocycles. The van der Waals surface area contributed by atoms with Crippen molar-refractivity contribution >= 4 is 16.1 Å².